The van der Waals surface area contributed by atoms with Crippen molar-refractivity contribution in [2.45, 2.75) is 32.2 Å². The van der Waals surface area contributed by atoms with Gasteiger partial charge in [0.1, 0.15) is 0 Å². The normalized spacial score (nSPS) is 22.8. The van der Waals surface area contributed by atoms with E-state index in [4.69, 9.17) is 0 Å². The van der Waals surface area contributed by atoms with Crippen molar-refractivity contribution in [3.8, 4) is 0 Å². The molecule has 1 saturated heterocycles. The molecule has 0 radical (unpaired) electrons. The van der Waals surface area contributed by atoms with Gasteiger partial charge in [-0.2, -0.15) is 0 Å². The topological polar surface area (TPSA) is 57.6 Å². The fourth-order valence-electron chi connectivity index (χ4n) is 3.20. The Morgan fingerprint density at radius 1 is 0.958 bits per heavy atom. The van der Waals surface area contributed by atoms with Crippen molar-refractivity contribution in [3.05, 3.63) is 71.3 Å². The minimum absolute atomic E-state index is 0.0207. The van der Waals surface area contributed by atoms with Gasteiger partial charge in [0.25, 0.3) is 0 Å². The summed E-state index contributed by atoms with van der Waals surface area (Å²) in [6.07, 6.45) is -0.829. The van der Waals surface area contributed by atoms with Crippen LogP contribution in [0.2, 0.25) is 0 Å². The molecule has 0 aromatic heterocycles. The lowest BCUT2D eigenvalue weighted by molar-refractivity contribution is 0.0731. The lowest BCUT2D eigenvalue weighted by Gasteiger charge is -2.30. The van der Waals surface area contributed by atoms with Gasteiger partial charge in [-0.25, -0.2) is 8.42 Å². The lowest BCUT2D eigenvalue weighted by atomic mass is 10.1. The van der Waals surface area contributed by atoms with Crippen LogP contribution in [0.5, 0.6) is 0 Å². The standard InChI is InChI=1S/C19H23NO3S/c1-15-7-9-17(10-8-15)12-20(11-16-5-3-2-4-6-16)18-13-24(22,23)14-19(18)21/h2-10,18-19,21H,11-14H2,1H3/t18-,19-/m1/s1. The van der Waals surface area contributed by atoms with Gasteiger partial charge in [-0.3, -0.25) is 4.90 Å². The van der Waals surface area contributed by atoms with E-state index < -0.39 is 15.9 Å². The number of rotatable bonds is 5. The Balaban J connectivity index is 1.84. The molecule has 0 spiro atoms. The van der Waals surface area contributed by atoms with E-state index in [2.05, 4.69) is 29.2 Å². The summed E-state index contributed by atoms with van der Waals surface area (Å²) in [5, 5.41) is 10.3. The summed E-state index contributed by atoms with van der Waals surface area (Å²) in [5.74, 6) is -0.121. The van der Waals surface area contributed by atoms with E-state index in [-0.39, 0.29) is 17.5 Å². The highest BCUT2D eigenvalue weighted by Gasteiger charge is 2.39. The molecule has 0 amide bonds. The number of sulfone groups is 1. The predicted molar refractivity (Wildman–Crippen MR) is 95.3 cm³/mol. The zero-order valence-electron chi connectivity index (χ0n) is 13.8. The molecule has 1 aliphatic rings. The highest BCUT2D eigenvalue weighted by molar-refractivity contribution is 7.91. The molecular formula is C19H23NO3S. The molecule has 2 aromatic rings. The Labute approximate surface area is 143 Å². The molecule has 128 valence electrons. The van der Waals surface area contributed by atoms with Gasteiger partial charge in [0.15, 0.2) is 9.84 Å². The monoisotopic (exact) mass is 345 g/mol. The first-order valence-electron chi connectivity index (χ1n) is 8.15. The number of aryl methyl sites for hydroxylation is 1. The molecule has 1 fully saturated rings. The second-order valence-corrected chi connectivity index (χ2v) is 8.74. The number of hydrogen-bond donors (Lipinski definition) is 1. The summed E-state index contributed by atoms with van der Waals surface area (Å²) in [6.45, 7) is 3.27. The fraction of sp³-hybridized carbons (Fsp3) is 0.368. The Hall–Kier alpha value is -1.69. The largest absolute Gasteiger partial charge is 0.390 e. The smallest absolute Gasteiger partial charge is 0.154 e. The van der Waals surface area contributed by atoms with E-state index in [1.165, 1.54) is 5.56 Å². The molecule has 1 heterocycles. The zero-order valence-corrected chi connectivity index (χ0v) is 14.6. The van der Waals surface area contributed by atoms with Crippen LogP contribution in [0.4, 0.5) is 0 Å². The number of aliphatic hydroxyl groups excluding tert-OH is 1. The van der Waals surface area contributed by atoms with Crippen LogP contribution >= 0.6 is 0 Å². The third-order valence-electron chi connectivity index (χ3n) is 4.50. The molecule has 0 saturated carbocycles. The average molecular weight is 345 g/mol. The molecule has 5 heteroatoms. The predicted octanol–water partition coefficient (Wildman–Crippen LogP) is 2.16. The van der Waals surface area contributed by atoms with Gasteiger partial charge in [-0.05, 0) is 18.1 Å². The van der Waals surface area contributed by atoms with Gasteiger partial charge >= 0.3 is 0 Å². The van der Waals surface area contributed by atoms with E-state index in [1.807, 2.05) is 37.3 Å². The van der Waals surface area contributed by atoms with Crippen LogP contribution in [0.3, 0.4) is 0 Å². The van der Waals surface area contributed by atoms with Crippen molar-refractivity contribution in [1.82, 2.24) is 4.90 Å². The van der Waals surface area contributed by atoms with E-state index >= 15 is 0 Å². The maximum absolute atomic E-state index is 11.9. The summed E-state index contributed by atoms with van der Waals surface area (Å²) >= 11 is 0. The first-order valence-corrected chi connectivity index (χ1v) is 9.97. The highest BCUT2D eigenvalue weighted by atomic mass is 32.2. The Morgan fingerprint density at radius 3 is 2.08 bits per heavy atom. The molecular weight excluding hydrogens is 322 g/mol. The molecule has 0 aliphatic carbocycles. The summed E-state index contributed by atoms with van der Waals surface area (Å²) < 4.78 is 23.8. The third kappa shape index (κ3) is 4.23. The van der Waals surface area contributed by atoms with Crippen molar-refractivity contribution >= 4 is 9.84 Å². The summed E-state index contributed by atoms with van der Waals surface area (Å²) in [7, 11) is -3.17. The van der Waals surface area contributed by atoms with Crippen molar-refractivity contribution in [2.75, 3.05) is 11.5 Å². The summed E-state index contributed by atoms with van der Waals surface area (Å²) in [5.41, 5.74) is 3.42. The third-order valence-corrected chi connectivity index (χ3v) is 6.20. The van der Waals surface area contributed by atoms with Crippen molar-refractivity contribution in [3.63, 3.8) is 0 Å². The van der Waals surface area contributed by atoms with Crippen LogP contribution in [0.1, 0.15) is 16.7 Å². The SMILES string of the molecule is Cc1ccc(CN(Cc2ccccc2)[C@@H]2CS(=O)(=O)C[C@H]2O)cc1. The van der Waals surface area contributed by atoms with Crippen molar-refractivity contribution in [1.29, 1.82) is 0 Å². The highest BCUT2D eigenvalue weighted by Crippen LogP contribution is 2.23. The molecule has 24 heavy (non-hydrogen) atoms. The number of nitrogens with zero attached hydrogens (tertiary/aromatic N) is 1. The first-order chi connectivity index (χ1) is 11.4. The van der Waals surface area contributed by atoms with Crippen LogP contribution < -0.4 is 0 Å². The summed E-state index contributed by atoms with van der Waals surface area (Å²) in [6, 6.07) is 17.8. The molecule has 0 unspecified atom stereocenters. The molecule has 2 aromatic carbocycles. The van der Waals surface area contributed by atoms with Gasteiger partial charge < -0.3 is 5.11 Å². The van der Waals surface area contributed by atoms with Gasteiger partial charge in [0, 0.05) is 13.1 Å². The minimum Gasteiger partial charge on any atom is -0.390 e. The maximum Gasteiger partial charge on any atom is 0.154 e. The van der Waals surface area contributed by atoms with Gasteiger partial charge in [-0.1, -0.05) is 60.2 Å². The van der Waals surface area contributed by atoms with Crippen LogP contribution in [0.25, 0.3) is 0 Å². The number of benzene rings is 2. The fourth-order valence-corrected chi connectivity index (χ4v) is 5.03. The van der Waals surface area contributed by atoms with Crippen LogP contribution in [0, 0.1) is 6.92 Å². The van der Waals surface area contributed by atoms with E-state index in [0.717, 1.165) is 11.1 Å². The molecule has 2 atom stereocenters. The Morgan fingerprint density at radius 2 is 1.54 bits per heavy atom. The van der Waals surface area contributed by atoms with Gasteiger partial charge in [-0.15, -0.1) is 0 Å². The zero-order chi connectivity index (χ0) is 17.2. The van der Waals surface area contributed by atoms with Crippen molar-refractivity contribution < 1.29 is 13.5 Å². The second kappa shape index (κ2) is 7.05. The van der Waals surface area contributed by atoms with Crippen LogP contribution in [-0.2, 0) is 22.9 Å². The van der Waals surface area contributed by atoms with Crippen molar-refractivity contribution in [2.24, 2.45) is 0 Å². The molecule has 3 rings (SSSR count). The quantitative estimate of drug-likeness (QED) is 0.902. The Kier molecular flexibility index (Phi) is 5.04. The molecule has 1 aliphatic heterocycles. The molecule has 0 bridgehead atoms. The van der Waals surface area contributed by atoms with Gasteiger partial charge in [0.2, 0.25) is 0 Å². The number of hydrogen-bond acceptors (Lipinski definition) is 4. The Bertz CT molecular complexity index is 772. The number of aliphatic hydroxyl groups is 1. The van der Waals surface area contributed by atoms with E-state index in [0.29, 0.717) is 13.1 Å². The lowest BCUT2D eigenvalue weighted by Crippen LogP contribution is -2.42. The maximum atomic E-state index is 11.9. The molecule has 4 nitrogen and oxygen atoms in total. The van der Waals surface area contributed by atoms with E-state index in [1.54, 1.807) is 0 Å². The van der Waals surface area contributed by atoms with Crippen LogP contribution in [-0.4, -0.2) is 42.1 Å². The van der Waals surface area contributed by atoms with E-state index in [9.17, 15) is 13.5 Å². The second-order valence-electron chi connectivity index (χ2n) is 6.59. The van der Waals surface area contributed by atoms with Gasteiger partial charge in [0.05, 0.1) is 23.7 Å². The summed E-state index contributed by atoms with van der Waals surface area (Å²) in [4.78, 5) is 2.08. The average Bonchev–Trinajstić information content (AvgIpc) is 2.83. The first kappa shape index (κ1) is 17.1. The van der Waals surface area contributed by atoms with Crippen LogP contribution in [0.15, 0.2) is 54.6 Å². The minimum atomic E-state index is -3.17. The molecule has 1 N–H and O–H groups in total.